The van der Waals surface area contributed by atoms with Gasteiger partial charge in [0.15, 0.2) is 4.32 Å². The number of furan rings is 1. The molecule has 0 spiro atoms. The van der Waals surface area contributed by atoms with Gasteiger partial charge in [-0.1, -0.05) is 69.7 Å². The number of thioether (sulfide) groups is 1. The van der Waals surface area contributed by atoms with Crippen LogP contribution in [0.4, 0.5) is 5.69 Å². The summed E-state index contributed by atoms with van der Waals surface area (Å²) in [6.07, 6.45) is 1.75. The molecule has 1 aromatic heterocycles. The number of rotatable bonds is 3. The number of nitrogens with zero attached hydrogens (tertiary/aromatic N) is 1. The smallest absolute Gasteiger partial charge is 0.270 e. The van der Waals surface area contributed by atoms with Crippen molar-refractivity contribution in [1.29, 1.82) is 0 Å². The third-order valence-corrected chi connectivity index (χ3v) is 5.95. The monoisotopic (exact) mass is 455 g/mol. The lowest BCUT2D eigenvalue weighted by Gasteiger charge is -2.14. The second-order valence-electron chi connectivity index (χ2n) is 6.06. The zero-order valence-corrected chi connectivity index (χ0v) is 17.5. The van der Waals surface area contributed by atoms with E-state index in [1.807, 2.05) is 67.6 Å². The zero-order chi connectivity index (χ0) is 19.0. The van der Waals surface area contributed by atoms with Gasteiger partial charge < -0.3 is 4.42 Å². The highest BCUT2D eigenvalue weighted by molar-refractivity contribution is 9.10. The number of hydrogen-bond donors (Lipinski definition) is 0. The van der Waals surface area contributed by atoms with Crippen molar-refractivity contribution in [1.82, 2.24) is 0 Å². The summed E-state index contributed by atoms with van der Waals surface area (Å²) in [4.78, 5) is 14.9. The van der Waals surface area contributed by atoms with Crippen LogP contribution in [-0.2, 0) is 4.79 Å². The van der Waals surface area contributed by atoms with Gasteiger partial charge in [0.25, 0.3) is 5.91 Å². The van der Waals surface area contributed by atoms with Crippen molar-refractivity contribution in [3.05, 3.63) is 81.4 Å². The molecule has 1 fully saturated rings. The van der Waals surface area contributed by atoms with Crippen LogP contribution >= 0.6 is 39.9 Å². The van der Waals surface area contributed by atoms with E-state index in [4.69, 9.17) is 16.6 Å². The molecular formula is C21H14BrNO2S2. The molecule has 27 heavy (non-hydrogen) atoms. The minimum absolute atomic E-state index is 0.129. The molecule has 0 unspecified atom stereocenters. The summed E-state index contributed by atoms with van der Waals surface area (Å²) in [6, 6.07) is 19.4. The Labute approximate surface area is 175 Å². The number of benzene rings is 2. The van der Waals surface area contributed by atoms with Crippen molar-refractivity contribution < 1.29 is 9.21 Å². The predicted molar refractivity (Wildman–Crippen MR) is 119 cm³/mol. The highest BCUT2D eigenvalue weighted by atomic mass is 79.9. The van der Waals surface area contributed by atoms with Gasteiger partial charge in [-0.05, 0) is 43.3 Å². The first-order valence-corrected chi connectivity index (χ1v) is 10.2. The van der Waals surface area contributed by atoms with Crippen LogP contribution in [0.5, 0.6) is 0 Å². The third kappa shape index (κ3) is 3.78. The first-order chi connectivity index (χ1) is 13.0. The molecule has 0 radical (unpaired) electrons. The second-order valence-corrected chi connectivity index (χ2v) is 8.65. The van der Waals surface area contributed by atoms with Crippen molar-refractivity contribution in [2.45, 2.75) is 6.92 Å². The summed E-state index contributed by atoms with van der Waals surface area (Å²) in [5, 5.41) is 0. The van der Waals surface area contributed by atoms with Crippen molar-refractivity contribution >= 4 is 61.9 Å². The van der Waals surface area contributed by atoms with Crippen LogP contribution in [-0.4, -0.2) is 10.2 Å². The van der Waals surface area contributed by atoms with E-state index in [1.54, 1.807) is 11.0 Å². The van der Waals surface area contributed by atoms with E-state index in [2.05, 4.69) is 15.9 Å². The van der Waals surface area contributed by atoms with Crippen LogP contribution < -0.4 is 4.90 Å². The van der Waals surface area contributed by atoms with E-state index in [-0.39, 0.29) is 5.91 Å². The van der Waals surface area contributed by atoms with E-state index >= 15 is 0 Å². The normalized spacial score (nSPS) is 15.8. The first kappa shape index (κ1) is 18.2. The number of halogens is 1. The van der Waals surface area contributed by atoms with Gasteiger partial charge in [-0.2, -0.15) is 0 Å². The number of hydrogen-bond acceptors (Lipinski definition) is 4. The summed E-state index contributed by atoms with van der Waals surface area (Å²) in [6.45, 7) is 2.01. The molecule has 1 aliphatic rings. The minimum Gasteiger partial charge on any atom is -0.457 e. The van der Waals surface area contributed by atoms with Crippen LogP contribution in [0.1, 0.15) is 11.3 Å². The van der Waals surface area contributed by atoms with Crippen LogP contribution in [0.2, 0.25) is 0 Å². The predicted octanol–water partition coefficient (Wildman–Crippen LogP) is 6.42. The van der Waals surface area contributed by atoms with Crippen LogP contribution in [0.25, 0.3) is 17.4 Å². The van der Waals surface area contributed by atoms with Gasteiger partial charge in [-0.3, -0.25) is 9.69 Å². The molecule has 4 rings (SSSR count). The highest BCUT2D eigenvalue weighted by Crippen LogP contribution is 2.36. The highest BCUT2D eigenvalue weighted by Gasteiger charge is 2.33. The van der Waals surface area contributed by atoms with Gasteiger partial charge in [0.1, 0.15) is 11.5 Å². The molecule has 0 bridgehead atoms. The molecule has 0 aliphatic carbocycles. The lowest BCUT2D eigenvalue weighted by atomic mass is 10.2. The van der Waals surface area contributed by atoms with Gasteiger partial charge >= 0.3 is 0 Å². The van der Waals surface area contributed by atoms with Gasteiger partial charge in [0, 0.05) is 16.1 Å². The molecule has 0 atom stereocenters. The Balaban J connectivity index is 1.59. The van der Waals surface area contributed by atoms with Gasteiger partial charge in [-0.15, -0.1) is 0 Å². The molecule has 0 saturated carbocycles. The third-order valence-electron chi connectivity index (χ3n) is 4.11. The van der Waals surface area contributed by atoms with Gasteiger partial charge in [0.2, 0.25) is 0 Å². The number of carbonyl (C=O) groups excluding carboxylic acids is 1. The quantitative estimate of drug-likeness (QED) is 0.336. The van der Waals surface area contributed by atoms with E-state index in [9.17, 15) is 4.79 Å². The number of thiocarbonyl (C=S) groups is 1. The molecular weight excluding hydrogens is 442 g/mol. The van der Waals surface area contributed by atoms with E-state index < -0.39 is 0 Å². The number of amides is 1. The minimum atomic E-state index is -0.129. The second kappa shape index (κ2) is 7.46. The molecule has 3 aromatic rings. The zero-order valence-electron chi connectivity index (χ0n) is 14.3. The largest absolute Gasteiger partial charge is 0.457 e. The SMILES string of the molecule is Cc1ccc(N2C(=O)/C(=C/c3ccc(-c4ccc(Br)cc4)o3)SC2=S)cc1. The Morgan fingerprint density at radius 2 is 1.74 bits per heavy atom. The summed E-state index contributed by atoms with van der Waals surface area (Å²) in [7, 11) is 0. The Kier molecular flexibility index (Phi) is 5.04. The molecule has 1 aliphatic heterocycles. The molecule has 6 heteroatoms. The maximum absolute atomic E-state index is 12.8. The summed E-state index contributed by atoms with van der Waals surface area (Å²) in [5.41, 5.74) is 2.89. The maximum Gasteiger partial charge on any atom is 0.270 e. The van der Waals surface area contributed by atoms with Crippen LogP contribution in [0.3, 0.4) is 0 Å². The molecule has 1 saturated heterocycles. The van der Waals surface area contributed by atoms with Gasteiger partial charge in [0.05, 0.1) is 10.6 Å². The molecule has 3 nitrogen and oxygen atoms in total. The molecule has 2 aromatic carbocycles. The average Bonchev–Trinajstić information content (AvgIpc) is 3.22. The van der Waals surface area contributed by atoms with E-state index in [0.717, 1.165) is 27.0 Å². The Morgan fingerprint density at radius 3 is 2.44 bits per heavy atom. The van der Waals surface area contributed by atoms with E-state index in [1.165, 1.54) is 11.8 Å². The fourth-order valence-electron chi connectivity index (χ4n) is 2.71. The standard InChI is InChI=1S/C21H14BrNO2S2/c1-13-2-8-16(9-3-13)23-20(24)19(27-21(23)26)12-17-10-11-18(25-17)14-4-6-15(22)7-5-14/h2-12H,1H3/b19-12-. The van der Waals surface area contributed by atoms with Crippen LogP contribution in [0.15, 0.2) is 74.5 Å². The number of aryl methyl sites for hydroxylation is 1. The molecule has 2 heterocycles. The van der Waals surface area contributed by atoms with Crippen molar-refractivity contribution in [2.75, 3.05) is 4.90 Å². The van der Waals surface area contributed by atoms with Gasteiger partial charge in [-0.25, -0.2) is 0 Å². The lowest BCUT2D eigenvalue weighted by Crippen LogP contribution is -2.27. The first-order valence-electron chi connectivity index (χ1n) is 8.22. The summed E-state index contributed by atoms with van der Waals surface area (Å²) < 4.78 is 7.43. The Hall–Kier alpha value is -2.15. The molecule has 134 valence electrons. The number of anilines is 1. The Morgan fingerprint density at radius 1 is 1.04 bits per heavy atom. The summed E-state index contributed by atoms with van der Waals surface area (Å²) in [5.74, 6) is 1.25. The average molecular weight is 456 g/mol. The fourth-order valence-corrected chi connectivity index (χ4v) is 4.26. The summed E-state index contributed by atoms with van der Waals surface area (Å²) >= 11 is 10.1. The lowest BCUT2D eigenvalue weighted by molar-refractivity contribution is -0.113. The maximum atomic E-state index is 12.8. The fraction of sp³-hybridized carbons (Fsp3) is 0.0476. The van der Waals surface area contributed by atoms with E-state index in [0.29, 0.717) is 15.0 Å². The molecule has 0 N–H and O–H groups in total. The molecule has 1 amide bonds. The van der Waals surface area contributed by atoms with Crippen LogP contribution in [0, 0.1) is 6.92 Å². The topological polar surface area (TPSA) is 33.5 Å². The number of carbonyl (C=O) groups is 1. The van der Waals surface area contributed by atoms with Crippen molar-refractivity contribution in [3.63, 3.8) is 0 Å². The van der Waals surface area contributed by atoms with Crippen molar-refractivity contribution in [3.8, 4) is 11.3 Å². The Bertz CT molecular complexity index is 1050. The van der Waals surface area contributed by atoms with Crippen molar-refractivity contribution in [2.24, 2.45) is 0 Å².